The van der Waals surface area contributed by atoms with Crippen molar-refractivity contribution < 1.29 is 19.4 Å². The fourth-order valence-corrected chi connectivity index (χ4v) is 3.52. The van der Waals surface area contributed by atoms with Crippen molar-refractivity contribution in [2.75, 3.05) is 26.8 Å². The number of nitrogens with one attached hydrogen (secondary N) is 1. The van der Waals surface area contributed by atoms with E-state index in [9.17, 15) is 9.90 Å². The molecule has 0 aliphatic carbocycles. The molecule has 3 atom stereocenters. The lowest BCUT2D eigenvalue weighted by Gasteiger charge is -2.34. The quantitative estimate of drug-likeness (QED) is 0.687. The minimum absolute atomic E-state index is 0.124. The van der Waals surface area contributed by atoms with E-state index in [1.54, 1.807) is 18.7 Å². The zero-order valence-electron chi connectivity index (χ0n) is 14.8. The third-order valence-corrected chi connectivity index (χ3v) is 4.91. The van der Waals surface area contributed by atoms with Crippen LogP contribution in [0.5, 0.6) is 0 Å². The molecular weight excluding hydrogens is 326 g/mol. The van der Waals surface area contributed by atoms with Gasteiger partial charge >= 0.3 is 0 Å². The molecule has 2 fully saturated rings. The van der Waals surface area contributed by atoms with Gasteiger partial charge in [-0.25, -0.2) is 4.68 Å². The van der Waals surface area contributed by atoms with Crippen LogP contribution >= 0.6 is 0 Å². The maximum absolute atomic E-state index is 11.4. The first-order valence-electron chi connectivity index (χ1n) is 8.76. The highest BCUT2D eigenvalue weighted by Gasteiger charge is 2.38. The molecule has 9 nitrogen and oxygen atoms in total. The SMILES string of the molecule is COCc1cn(C[C@H]2OC[C@H](O)[C@H]2NC2CCN(C(C)=O)CC2)nn1. The number of ether oxygens (including phenoxy) is 2. The lowest BCUT2D eigenvalue weighted by atomic mass is 10.0. The molecule has 25 heavy (non-hydrogen) atoms. The van der Waals surface area contributed by atoms with Gasteiger partial charge in [0.1, 0.15) is 5.69 Å². The van der Waals surface area contributed by atoms with Gasteiger partial charge in [-0.05, 0) is 12.8 Å². The number of aromatic nitrogens is 3. The fourth-order valence-electron chi connectivity index (χ4n) is 3.52. The Labute approximate surface area is 147 Å². The van der Waals surface area contributed by atoms with Crippen LogP contribution in [0.3, 0.4) is 0 Å². The van der Waals surface area contributed by atoms with Crippen LogP contribution in [0, 0.1) is 0 Å². The molecule has 0 unspecified atom stereocenters. The Morgan fingerprint density at radius 2 is 2.24 bits per heavy atom. The summed E-state index contributed by atoms with van der Waals surface area (Å²) < 4.78 is 12.5. The molecule has 2 aliphatic rings. The maximum atomic E-state index is 11.4. The van der Waals surface area contributed by atoms with Gasteiger partial charge in [0.05, 0.1) is 44.2 Å². The molecule has 2 aliphatic heterocycles. The smallest absolute Gasteiger partial charge is 0.219 e. The number of methoxy groups -OCH3 is 1. The van der Waals surface area contributed by atoms with Crippen molar-refractivity contribution in [1.82, 2.24) is 25.2 Å². The molecule has 0 radical (unpaired) electrons. The molecule has 1 amide bonds. The number of hydrogen-bond acceptors (Lipinski definition) is 7. The minimum Gasteiger partial charge on any atom is -0.389 e. The maximum Gasteiger partial charge on any atom is 0.219 e. The summed E-state index contributed by atoms with van der Waals surface area (Å²) in [6, 6.07) is 0.128. The summed E-state index contributed by atoms with van der Waals surface area (Å²) >= 11 is 0. The van der Waals surface area contributed by atoms with E-state index in [1.165, 1.54) is 0 Å². The Morgan fingerprint density at radius 3 is 2.92 bits per heavy atom. The van der Waals surface area contributed by atoms with Gasteiger partial charge in [-0.1, -0.05) is 5.21 Å². The molecule has 0 aromatic carbocycles. The van der Waals surface area contributed by atoms with E-state index in [0.29, 0.717) is 19.8 Å². The lowest BCUT2D eigenvalue weighted by Crippen LogP contribution is -2.53. The number of nitrogens with zero attached hydrogens (tertiary/aromatic N) is 4. The van der Waals surface area contributed by atoms with E-state index in [2.05, 4.69) is 15.6 Å². The van der Waals surface area contributed by atoms with Crippen molar-refractivity contribution in [3.05, 3.63) is 11.9 Å². The number of amides is 1. The second kappa shape index (κ2) is 8.22. The van der Waals surface area contributed by atoms with E-state index in [-0.39, 0.29) is 24.1 Å². The van der Waals surface area contributed by atoms with E-state index >= 15 is 0 Å². The van der Waals surface area contributed by atoms with Gasteiger partial charge in [0, 0.05) is 33.2 Å². The summed E-state index contributed by atoms with van der Waals surface area (Å²) in [5.74, 6) is 0.124. The van der Waals surface area contributed by atoms with E-state index in [4.69, 9.17) is 9.47 Å². The van der Waals surface area contributed by atoms with Gasteiger partial charge < -0.3 is 24.8 Å². The number of piperidine rings is 1. The van der Waals surface area contributed by atoms with Crippen molar-refractivity contribution in [3.63, 3.8) is 0 Å². The Bertz CT molecular complexity index is 573. The summed E-state index contributed by atoms with van der Waals surface area (Å²) in [5, 5.41) is 21.9. The molecule has 0 spiro atoms. The van der Waals surface area contributed by atoms with Gasteiger partial charge in [-0.3, -0.25) is 4.79 Å². The first kappa shape index (κ1) is 18.2. The largest absolute Gasteiger partial charge is 0.389 e. The zero-order valence-corrected chi connectivity index (χ0v) is 14.8. The Balaban J connectivity index is 1.54. The number of carbonyl (C=O) groups is 1. The Kier molecular flexibility index (Phi) is 6.00. The van der Waals surface area contributed by atoms with Gasteiger partial charge in [0.2, 0.25) is 5.91 Å². The van der Waals surface area contributed by atoms with Gasteiger partial charge in [-0.2, -0.15) is 0 Å². The van der Waals surface area contributed by atoms with E-state index in [0.717, 1.165) is 31.6 Å². The van der Waals surface area contributed by atoms with Gasteiger partial charge in [-0.15, -0.1) is 5.10 Å². The van der Waals surface area contributed by atoms with Crippen LogP contribution in [-0.4, -0.2) is 82.0 Å². The Hall–Kier alpha value is -1.55. The standard InChI is InChI=1S/C16H27N5O4/c1-11(22)20-5-3-12(4-6-20)17-16-14(23)10-25-15(16)8-21-7-13(9-24-2)18-19-21/h7,12,14-17,23H,3-6,8-10H2,1-2H3/t14-,15+,16+/m0/s1. The molecule has 1 aromatic heterocycles. The molecule has 140 valence electrons. The number of rotatable bonds is 6. The van der Waals surface area contributed by atoms with Crippen molar-refractivity contribution in [2.45, 2.75) is 57.2 Å². The zero-order chi connectivity index (χ0) is 17.8. The molecule has 0 saturated carbocycles. The molecule has 3 rings (SSSR count). The van der Waals surface area contributed by atoms with Crippen LogP contribution < -0.4 is 5.32 Å². The van der Waals surface area contributed by atoms with Crippen LogP contribution in [-0.2, 0) is 27.4 Å². The highest BCUT2D eigenvalue weighted by molar-refractivity contribution is 5.73. The Morgan fingerprint density at radius 1 is 1.48 bits per heavy atom. The number of hydrogen-bond donors (Lipinski definition) is 2. The first-order valence-corrected chi connectivity index (χ1v) is 8.76. The van der Waals surface area contributed by atoms with Crippen LogP contribution in [0.15, 0.2) is 6.20 Å². The predicted octanol–water partition coefficient (Wildman–Crippen LogP) is -0.847. The third kappa shape index (κ3) is 4.55. The summed E-state index contributed by atoms with van der Waals surface area (Å²) in [4.78, 5) is 13.3. The summed E-state index contributed by atoms with van der Waals surface area (Å²) in [5.41, 5.74) is 0.766. The molecule has 9 heteroatoms. The predicted molar refractivity (Wildman–Crippen MR) is 88.7 cm³/mol. The molecular formula is C16H27N5O4. The van der Waals surface area contributed by atoms with Crippen molar-refractivity contribution in [1.29, 1.82) is 0 Å². The lowest BCUT2D eigenvalue weighted by molar-refractivity contribution is -0.130. The molecule has 0 bridgehead atoms. The molecule has 1 aromatic rings. The van der Waals surface area contributed by atoms with Crippen LogP contribution in [0.2, 0.25) is 0 Å². The van der Waals surface area contributed by atoms with Crippen molar-refractivity contribution in [3.8, 4) is 0 Å². The van der Waals surface area contributed by atoms with Gasteiger partial charge in [0.15, 0.2) is 0 Å². The normalized spacial score (nSPS) is 27.8. The average Bonchev–Trinajstić information content (AvgIpc) is 3.17. The summed E-state index contributed by atoms with van der Waals surface area (Å²) in [7, 11) is 1.62. The van der Waals surface area contributed by atoms with E-state index in [1.807, 2.05) is 11.1 Å². The van der Waals surface area contributed by atoms with E-state index < -0.39 is 6.10 Å². The number of likely N-dealkylation sites (tertiary alicyclic amines) is 1. The number of aliphatic hydroxyl groups excluding tert-OH is 1. The number of aliphatic hydroxyl groups is 1. The highest BCUT2D eigenvalue weighted by Crippen LogP contribution is 2.20. The highest BCUT2D eigenvalue weighted by atomic mass is 16.5. The fraction of sp³-hybridized carbons (Fsp3) is 0.812. The monoisotopic (exact) mass is 353 g/mol. The summed E-state index contributed by atoms with van der Waals surface area (Å²) in [6.45, 7) is 4.38. The number of carbonyl (C=O) groups excluding carboxylic acids is 1. The van der Waals surface area contributed by atoms with Crippen molar-refractivity contribution >= 4 is 5.91 Å². The minimum atomic E-state index is -0.544. The summed E-state index contributed by atoms with van der Waals surface area (Å²) in [6.07, 6.45) is 2.89. The topological polar surface area (TPSA) is 102 Å². The second-order valence-corrected chi connectivity index (χ2v) is 6.78. The van der Waals surface area contributed by atoms with Crippen LogP contribution in [0.25, 0.3) is 0 Å². The third-order valence-electron chi connectivity index (χ3n) is 4.91. The average molecular weight is 353 g/mol. The van der Waals surface area contributed by atoms with Crippen molar-refractivity contribution in [2.24, 2.45) is 0 Å². The van der Waals surface area contributed by atoms with Gasteiger partial charge in [0.25, 0.3) is 0 Å². The first-order chi connectivity index (χ1) is 12.1. The molecule has 2 saturated heterocycles. The van der Waals surface area contributed by atoms with Crippen LogP contribution in [0.4, 0.5) is 0 Å². The molecule has 2 N–H and O–H groups in total. The van der Waals surface area contributed by atoms with Crippen LogP contribution in [0.1, 0.15) is 25.5 Å². The second-order valence-electron chi connectivity index (χ2n) is 6.78. The molecule has 3 heterocycles.